The van der Waals surface area contributed by atoms with Gasteiger partial charge in [-0.2, -0.15) is 0 Å². The van der Waals surface area contributed by atoms with E-state index in [0.717, 1.165) is 17.6 Å². The van der Waals surface area contributed by atoms with Crippen molar-refractivity contribution in [1.29, 1.82) is 5.16 Å². The summed E-state index contributed by atoms with van der Waals surface area (Å²) in [6.07, 6.45) is 0. The maximum atomic E-state index is 7.80. The summed E-state index contributed by atoms with van der Waals surface area (Å²) in [5, 5.41) is 10.9. The van der Waals surface area contributed by atoms with Crippen molar-refractivity contribution in [3.8, 4) is 0 Å². The third-order valence-electron chi connectivity index (χ3n) is 1.57. The summed E-state index contributed by atoms with van der Waals surface area (Å²) < 4.78 is 6.38. The van der Waals surface area contributed by atoms with Gasteiger partial charge in [0.25, 0.3) is 0 Å². The number of likely N-dealkylation sites (N-methyl/N-ethyl adjacent to an activating group) is 1. The lowest BCUT2D eigenvalue weighted by Gasteiger charge is -2.25. The fourth-order valence-corrected chi connectivity index (χ4v) is 1.99. The molecule has 0 heterocycles. The lowest BCUT2D eigenvalue weighted by Crippen LogP contribution is -2.37. The monoisotopic (exact) mass is 208 g/mol. The van der Waals surface area contributed by atoms with E-state index in [0.29, 0.717) is 6.61 Å². The van der Waals surface area contributed by atoms with Crippen LogP contribution in [0.4, 0.5) is 0 Å². The highest BCUT2D eigenvalue weighted by atomic mass is 31.2. The molecule has 0 amide bonds. The molecule has 0 aromatic heterocycles. The Bertz CT molecular complexity index is 188. The van der Waals surface area contributed by atoms with Crippen molar-refractivity contribution >= 4 is 7.43 Å². The SMILES string of the molecule is CCNP(C)(=N)OCC[N+](C)(C)C. The first-order valence-corrected chi connectivity index (χ1v) is 6.74. The van der Waals surface area contributed by atoms with Crippen molar-refractivity contribution in [3.63, 3.8) is 0 Å². The lowest BCUT2D eigenvalue weighted by atomic mass is 10.5. The maximum absolute atomic E-state index is 7.80. The summed E-state index contributed by atoms with van der Waals surface area (Å²) in [6.45, 7) is 6.24. The molecule has 0 aromatic rings. The van der Waals surface area contributed by atoms with Crippen LogP contribution in [-0.2, 0) is 4.52 Å². The van der Waals surface area contributed by atoms with E-state index in [-0.39, 0.29) is 0 Å². The van der Waals surface area contributed by atoms with Gasteiger partial charge >= 0.3 is 0 Å². The Morgan fingerprint density at radius 3 is 2.31 bits per heavy atom. The minimum Gasteiger partial charge on any atom is -0.329 e. The first kappa shape index (κ1) is 13.1. The molecule has 0 aliphatic carbocycles. The van der Waals surface area contributed by atoms with Crippen molar-refractivity contribution in [1.82, 2.24) is 5.09 Å². The van der Waals surface area contributed by atoms with Gasteiger partial charge in [-0.1, -0.05) is 6.92 Å². The normalized spacial score (nSPS) is 17.0. The zero-order valence-electron chi connectivity index (χ0n) is 9.42. The summed E-state index contributed by atoms with van der Waals surface area (Å²) in [4.78, 5) is 0. The zero-order valence-corrected chi connectivity index (χ0v) is 10.3. The molecule has 2 N–H and O–H groups in total. The van der Waals surface area contributed by atoms with Gasteiger partial charge < -0.3 is 9.01 Å². The molecule has 0 aromatic carbocycles. The molecule has 0 rings (SSSR count). The van der Waals surface area contributed by atoms with Crippen LogP contribution >= 0.6 is 7.43 Å². The largest absolute Gasteiger partial charge is 0.329 e. The fraction of sp³-hybridized carbons (Fsp3) is 1.00. The number of hydrogen-bond acceptors (Lipinski definition) is 2. The molecule has 0 bridgehead atoms. The Balaban J connectivity index is 3.70. The van der Waals surface area contributed by atoms with Gasteiger partial charge in [0, 0.05) is 6.66 Å². The van der Waals surface area contributed by atoms with E-state index in [2.05, 4.69) is 26.2 Å². The van der Waals surface area contributed by atoms with Crippen molar-refractivity contribution in [3.05, 3.63) is 0 Å². The molecule has 0 fully saturated rings. The van der Waals surface area contributed by atoms with Crippen LogP contribution in [0.3, 0.4) is 0 Å². The Kier molecular flexibility index (Phi) is 5.15. The smallest absolute Gasteiger partial charge is 0.145 e. The fourth-order valence-electron chi connectivity index (χ4n) is 0.845. The molecule has 1 atom stereocenters. The first-order valence-electron chi connectivity index (χ1n) is 4.58. The van der Waals surface area contributed by atoms with Crippen LogP contribution in [0.2, 0.25) is 0 Å². The van der Waals surface area contributed by atoms with E-state index in [1.165, 1.54) is 0 Å². The second-order valence-electron chi connectivity index (χ2n) is 4.28. The van der Waals surface area contributed by atoms with E-state index in [1.54, 1.807) is 0 Å². The predicted molar refractivity (Wildman–Crippen MR) is 58.1 cm³/mol. The van der Waals surface area contributed by atoms with Crippen LogP contribution in [0, 0.1) is 5.16 Å². The van der Waals surface area contributed by atoms with Gasteiger partial charge in [0.1, 0.15) is 20.6 Å². The van der Waals surface area contributed by atoms with Crippen LogP contribution in [-0.4, -0.2) is 52.0 Å². The molecule has 13 heavy (non-hydrogen) atoms. The summed E-state index contributed by atoms with van der Waals surface area (Å²) in [5.74, 6) is 0. The van der Waals surface area contributed by atoms with Gasteiger partial charge in [-0.3, -0.25) is 10.2 Å². The van der Waals surface area contributed by atoms with Crippen LogP contribution in [0.25, 0.3) is 0 Å². The quantitative estimate of drug-likeness (QED) is 0.514. The number of quaternary nitrogens is 1. The molecule has 0 spiro atoms. The molecule has 1 unspecified atom stereocenters. The molecule has 0 saturated heterocycles. The molecule has 0 aliphatic heterocycles. The van der Waals surface area contributed by atoms with Gasteiger partial charge in [-0.05, 0) is 6.54 Å². The van der Waals surface area contributed by atoms with Crippen LogP contribution < -0.4 is 5.09 Å². The highest BCUT2D eigenvalue weighted by Gasteiger charge is 2.12. The zero-order chi connectivity index (χ0) is 10.5. The molecule has 0 radical (unpaired) electrons. The standard InChI is InChI=1S/C8H23N3OP/c1-6-10-13(5,9)12-8-7-11(2,3)4/h6-8H2,1-5H3,(H2,9,10)/q+1. The summed E-state index contributed by atoms with van der Waals surface area (Å²) >= 11 is 0. The maximum Gasteiger partial charge on any atom is 0.145 e. The van der Waals surface area contributed by atoms with Crippen molar-refractivity contribution < 1.29 is 9.01 Å². The summed E-state index contributed by atoms with van der Waals surface area (Å²) in [5.41, 5.74) is 0. The van der Waals surface area contributed by atoms with Gasteiger partial charge in [-0.15, -0.1) is 0 Å². The van der Waals surface area contributed by atoms with Gasteiger partial charge in [0.2, 0.25) is 0 Å². The van der Waals surface area contributed by atoms with Crippen LogP contribution in [0.15, 0.2) is 0 Å². The topological polar surface area (TPSA) is 45.1 Å². The number of nitrogens with zero attached hydrogens (tertiary/aromatic N) is 1. The van der Waals surface area contributed by atoms with E-state index in [9.17, 15) is 0 Å². The van der Waals surface area contributed by atoms with E-state index < -0.39 is 7.43 Å². The minimum atomic E-state index is -2.04. The Labute approximate surface area is 81.8 Å². The van der Waals surface area contributed by atoms with Crippen LogP contribution in [0.5, 0.6) is 0 Å². The Morgan fingerprint density at radius 1 is 1.38 bits per heavy atom. The molecule has 80 valence electrons. The summed E-state index contributed by atoms with van der Waals surface area (Å²) in [6, 6.07) is 0. The third-order valence-corrected chi connectivity index (χ3v) is 3.19. The highest BCUT2D eigenvalue weighted by Crippen LogP contribution is 2.37. The molecule has 0 aliphatic rings. The summed E-state index contributed by atoms with van der Waals surface area (Å²) in [7, 11) is 4.33. The number of hydrogen-bond donors (Lipinski definition) is 2. The Morgan fingerprint density at radius 2 is 1.92 bits per heavy atom. The second kappa shape index (κ2) is 5.11. The Hall–Kier alpha value is 0.110. The first-order chi connectivity index (χ1) is 5.77. The molecular formula is C8H23N3OP+. The minimum absolute atomic E-state index is 0.657. The predicted octanol–water partition coefficient (Wildman–Crippen LogP) is 1.56. The molecular weight excluding hydrogens is 185 g/mol. The van der Waals surface area contributed by atoms with Crippen molar-refractivity contribution in [2.45, 2.75) is 6.92 Å². The molecule has 4 nitrogen and oxygen atoms in total. The van der Waals surface area contributed by atoms with Gasteiger partial charge in [-0.25, -0.2) is 0 Å². The van der Waals surface area contributed by atoms with E-state index in [1.807, 2.05) is 13.6 Å². The average molecular weight is 208 g/mol. The van der Waals surface area contributed by atoms with Crippen LogP contribution in [0.1, 0.15) is 6.92 Å². The average Bonchev–Trinajstić information content (AvgIpc) is 1.82. The lowest BCUT2D eigenvalue weighted by molar-refractivity contribution is -0.870. The molecule has 0 saturated carbocycles. The second-order valence-corrected chi connectivity index (χ2v) is 6.71. The van der Waals surface area contributed by atoms with Crippen molar-refractivity contribution in [2.75, 3.05) is 47.5 Å². The van der Waals surface area contributed by atoms with Gasteiger partial charge in [0.05, 0.1) is 21.1 Å². The van der Waals surface area contributed by atoms with Gasteiger partial charge in [0.15, 0.2) is 0 Å². The molecule has 5 heteroatoms. The van der Waals surface area contributed by atoms with E-state index in [4.69, 9.17) is 9.69 Å². The highest BCUT2D eigenvalue weighted by molar-refractivity contribution is 7.57. The number of rotatable bonds is 6. The third kappa shape index (κ3) is 8.44. The number of nitrogens with one attached hydrogen (secondary N) is 2. The van der Waals surface area contributed by atoms with Crippen molar-refractivity contribution in [2.24, 2.45) is 0 Å². The van der Waals surface area contributed by atoms with E-state index >= 15 is 0 Å².